The third-order valence-electron chi connectivity index (χ3n) is 5.41. The lowest BCUT2D eigenvalue weighted by molar-refractivity contribution is 0.0397. The van der Waals surface area contributed by atoms with Crippen molar-refractivity contribution in [3.63, 3.8) is 0 Å². The average Bonchev–Trinajstić information content (AvgIpc) is 3.12. The molecule has 2 aromatic heterocycles. The number of sulfone groups is 1. The number of pyridine rings is 1. The highest BCUT2D eigenvalue weighted by Crippen LogP contribution is 2.45. The van der Waals surface area contributed by atoms with Gasteiger partial charge in [0.15, 0.2) is 9.84 Å². The van der Waals surface area contributed by atoms with Crippen LogP contribution in [0.15, 0.2) is 36.7 Å². The van der Waals surface area contributed by atoms with E-state index in [1.165, 1.54) is 4.68 Å². The van der Waals surface area contributed by atoms with Crippen LogP contribution in [0.3, 0.4) is 0 Å². The van der Waals surface area contributed by atoms with Gasteiger partial charge in [0.1, 0.15) is 10.4 Å². The molecule has 1 amide bonds. The maximum atomic E-state index is 12.7. The molecule has 0 aliphatic carbocycles. The molecule has 0 radical (unpaired) electrons. The Kier molecular flexibility index (Phi) is 3.98. The van der Waals surface area contributed by atoms with Crippen LogP contribution >= 0.6 is 0 Å². The van der Waals surface area contributed by atoms with Crippen molar-refractivity contribution in [3.8, 4) is 5.88 Å². The first-order valence-corrected chi connectivity index (χ1v) is 10.1. The van der Waals surface area contributed by atoms with E-state index >= 15 is 0 Å². The van der Waals surface area contributed by atoms with Crippen LogP contribution in [-0.4, -0.2) is 64.2 Å². The van der Waals surface area contributed by atoms with Gasteiger partial charge in [-0.25, -0.2) is 13.4 Å². The van der Waals surface area contributed by atoms with E-state index in [9.17, 15) is 13.2 Å². The first kappa shape index (κ1) is 17.0. The number of ether oxygens (including phenoxy) is 1. The van der Waals surface area contributed by atoms with Gasteiger partial charge in [0.25, 0.3) is 5.91 Å². The number of hydrogen-bond acceptors (Lipinski definition) is 6. The molecule has 26 heavy (non-hydrogen) atoms. The van der Waals surface area contributed by atoms with Crippen molar-refractivity contribution in [1.82, 2.24) is 19.7 Å². The van der Waals surface area contributed by atoms with Crippen LogP contribution in [0.5, 0.6) is 5.88 Å². The van der Waals surface area contributed by atoms with E-state index < -0.39 is 14.6 Å². The molecule has 0 unspecified atom stereocenters. The van der Waals surface area contributed by atoms with Crippen molar-refractivity contribution in [3.05, 3.63) is 42.4 Å². The molecule has 0 aromatic carbocycles. The maximum Gasteiger partial charge on any atom is 0.272 e. The monoisotopic (exact) mass is 376 g/mol. The summed E-state index contributed by atoms with van der Waals surface area (Å²) >= 11 is 0. The van der Waals surface area contributed by atoms with E-state index in [0.717, 1.165) is 0 Å². The standard InChI is InChI=1S/C17H20N4O4S/c1-20-14(5-8-19-20)16(22)21-11-17(12-21)13(6-9-26(17,23)24)10-25-15-4-2-3-7-18-15/h2-5,7-8,13H,6,9-12H2,1H3/t13-/m1/s1. The lowest BCUT2D eigenvalue weighted by Crippen LogP contribution is -2.69. The first-order chi connectivity index (χ1) is 12.4. The summed E-state index contributed by atoms with van der Waals surface area (Å²) in [7, 11) is -1.57. The molecule has 8 nitrogen and oxygen atoms in total. The number of aromatic nitrogens is 3. The van der Waals surface area contributed by atoms with Crippen molar-refractivity contribution >= 4 is 15.7 Å². The molecule has 4 rings (SSSR count). The number of hydrogen-bond donors (Lipinski definition) is 0. The van der Waals surface area contributed by atoms with Crippen LogP contribution in [0.25, 0.3) is 0 Å². The van der Waals surface area contributed by atoms with Crippen molar-refractivity contribution < 1.29 is 17.9 Å². The Morgan fingerprint density at radius 2 is 2.12 bits per heavy atom. The van der Waals surface area contributed by atoms with Gasteiger partial charge in [0.05, 0.1) is 12.4 Å². The summed E-state index contributed by atoms with van der Waals surface area (Å²) in [6.07, 6.45) is 3.73. The predicted molar refractivity (Wildman–Crippen MR) is 93.5 cm³/mol. The lowest BCUT2D eigenvalue weighted by Gasteiger charge is -2.49. The Bertz CT molecular complexity index is 919. The number of amides is 1. The molecule has 9 heteroatoms. The molecule has 0 bridgehead atoms. The Hall–Kier alpha value is -2.42. The second-order valence-corrected chi connectivity index (χ2v) is 9.30. The third kappa shape index (κ3) is 2.57. The quantitative estimate of drug-likeness (QED) is 0.772. The van der Waals surface area contributed by atoms with Gasteiger partial charge in [0, 0.05) is 44.5 Å². The van der Waals surface area contributed by atoms with E-state index in [-0.39, 0.29) is 37.3 Å². The summed E-state index contributed by atoms with van der Waals surface area (Å²) in [6, 6.07) is 7.00. The Morgan fingerprint density at radius 1 is 1.31 bits per heavy atom. The molecular weight excluding hydrogens is 356 g/mol. The Labute approximate surface area is 151 Å². The van der Waals surface area contributed by atoms with Crippen LogP contribution in [0, 0.1) is 5.92 Å². The molecule has 1 spiro atoms. The molecular formula is C17H20N4O4S. The Morgan fingerprint density at radius 3 is 2.77 bits per heavy atom. The summed E-state index contributed by atoms with van der Waals surface area (Å²) in [4.78, 5) is 18.3. The summed E-state index contributed by atoms with van der Waals surface area (Å²) in [6.45, 7) is 0.690. The van der Waals surface area contributed by atoms with Crippen molar-refractivity contribution in [2.24, 2.45) is 13.0 Å². The molecule has 138 valence electrons. The maximum absolute atomic E-state index is 12.7. The van der Waals surface area contributed by atoms with Crippen molar-refractivity contribution in [1.29, 1.82) is 0 Å². The van der Waals surface area contributed by atoms with Crippen LogP contribution < -0.4 is 4.74 Å². The first-order valence-electron chi connectivity index (χ1n) is 8.46. The Balaban J connectivity index is 1.48. The molecule has 0 saturated carbocycles. The second-order valence-electron chi connectivity index (χ2n) is 6.85. The van der Waals surface area contributed by atoms with Gasteiger partial charge in [-0.05, 0) is 18.6 Å². The zero-order valence-electron chi connectivity index (χ0n) is 14.4. The zero-order valence-corrected chi connectivity index (χ0v) is 15.2. The summed E-state index contributed by atoms with van der Waals surface area (Å²) < 4.78 is 31.7. The summed E-state index contributed by atoms with van der Waals surface area (Å²) in [5.74, 6) is 0.276. The minimum Gasteiger partial charge on any atom is -0.477 e. The molecule has 0 N–H and O–H groups in total. The van der Waals surface area contributed by atoms with Crippen LogP contribution in [0.1, 0.15) is 16.9 Å². The number of nitrogens with zero attached hydrogens (tertiary/aromatic N) is 4. The summed E-state index contributed by atoms with van der Waals surface area (Å²) in [5, 5.41) is 4.00. The van der Waals surface area contributed by atoms with Crippen molar-refractivity contribution in [2.45, 2.75) is 11.2 Å². The fraction of sp³-hybridized carbons (Fsp3) is 0.471. The van der Waals surface area contributed by atoms with Gasteiger partial charge in [-0.15, -0.1) is 0 Å². The van der Waals surface area contributed by atoms with Gasteiger partial charge in [-0.2, -0.15) is 5.10 Å². The van der Waals surface area contributed by atoms with Gasteiger partial charge in [-0.3, -0.25) is 9.48 Å². The van der Waals surface area contributed by atoms with Crippen molar-refractivity contribution in [2.75, 3.05) is 25.4 Å². The van der Waals surface area contributed by atoms with Gasteiger partial charge >= 0.3 is 0 Å². The topological polar surface area (TPSA) is 94.4 Å². The summed E-state index contributed by atoms with van der Waals surface area (Å²) in [5.41, 5.74) is 0.455. The predicted octanol–water partition coefficient (Wildman–Crippen LogP) is 0.523. The highest BCUT2D eigenvalue weighted by Gasteiger charge is 2.62. The second kappa shape index (κ2) is 6.08. The zero-order chi connectivity index (χ0) is 18.4. The molecule has 4 heterocycles. The molecule has 1 atom stereocenters. The fourth-order valence-electron chi connectivity index (χ4n) is 3.82. The highest BCUT2D eigenvalue weighted by molar-refractivity contribution is 7.93. The van der Waals surface area contributed by atoms with E-state index in [4.69, 9.17) is 4.74 Å². The third-order valence-corrected chi connectivity index (χ3v) is 8.02. The molecule has 2 aromatic rings. The van der Waals surface area contributed by atoms with Gasteiger partial charge in [-0.1, -0.05) is 6.07 Å². The van der Waals surface area contributed by atoms with Gasteiger partial charge < -0.3 is 9.64 Å². The molecule has 2 aliphatic heterocycles. The van der Waals surface area contributed by atoms with E-state index in [1.807, 2.05) is 6.07 Å². The van der Waals surface area contributed by atoms with E-state index in [2.05, 4.69) is 10.1 Å². The van der Waals surface area contributed by atoms with E-state index in [0.29, 0.717) is 18.0 Å². The minimum absolute atomic E-state index is 0.136. The lowest BCUT2D eigenvalue weighted by atomic mass is 9.83. The molecule has 2 fully saturated rings. The number of rotatable bonds is 4. The number of aryl methyl sites for hydroxylation is 1. The molecule has 2 saturated heterocycles. The number of likely N-dealkylation sites (tertiary alicyclic amines) is 1. The SMILES string of the molecule is Cn1nccc1C(=O)N1CC2(C1)[C@@H](COc1ccccn1)CCS2(=O)=O. The number of carbonyl (C=O) groups excluding carboxylic acids is 1. The minimum atomic E-state index is -3.27. The normalized spacial score (nSPS) is 23.0. The van der Waals surface area contributed by atoms with Crippen LogP contribution in [0.2, 0.25) is 0 Å². The van der Waals surface area contributed by atoms with E-state index in [1.54, 1.807) is 42.5 Å². The smallest absolute Gasteiger partial charge is 0.272 e. The largest absolute Gasteiger partial charge is 0.477 e. The molecule has 2 aliphatic rings. The van der Waals surface area contributed by atoms with Gasteiger partial charge in [0.2, 0.25) is 5.88 Å². The fourth-order valence-corrected chi connectivity index (χ4v) is 6.22. The highest BCUT2D eigenvalue weighted by atomic mass is 32.2. The number of carbonyl (C=O) groups is 1. The van der Waals surface area contributed by atoms with Crippen LogP contribution in [0.4, 0.5) is 0 Å². The average molecular weight is 376 g/mol. The van der Waals surface area contributed by atoms with Crippen LogP contribution in [-0.2, 0) is 16.9 Å².